The minimum atomic E-state index is -0.981. The lowest BCUT2D eigenvalue weighted by atomic mass is 10.0. The van der Waals surface area contributed by atoms with Gasteiger partial charge in [-0.05, 0) is 12.8 Å². The summed E-state index contributed by atoms with van der Waals surface area (Å²) in [4.78, 5) is 19.9. The molecule has 0 aliphatic heterocycles. The Morgan fingerprint density at radius 2 is 0.931 bits per heavy atom. The van der Waals surface area contributed by atoms with Crippen molar-refractivity contribution in [2.24, 2.45) is 0 Å². The smallest absolute Gasteiger partial charge is 0.330 e. The highest BCUT2D eigenvalue weighted by molar-refractivity contribution is 5.85. The van der Waals surface area contributed by atoms with E-state index in [1.807, 2.05) is 0 Å². The van der Waals surface area contributed by atoms with Crippen molar-refractivity contribution >= 4 is 11.9 Å². The molecule has 29 heavy (non-hydrogen) atoms. The first kappa shape index (κ1) is 29.6. The van der Waals surface area contributed by atoms with Gasteiger partial charge in [0, 0.05) is 11.6 Å². The number of carbonyl (C=O) groups is 2. The summed E-state index contributed by atoms with van der Waals surface area (Å²) in [5, 5.41) is 16.3. The Hall–Kier alpha value is -1.58. The number of unbranched alkanes of at least 4 members (excludes halogenated alkanes) is 16. The number of aliphatic carboxylic acids is 2. The van der Waals surface area contributed by atoms with E-state index in [-0.39, 0.29) is 0 Å². The summed E-state index contributed by atoms with van der Waals surface area (Å²) in [6, 6.07) is 0. The van der Waals surface area contributed by atoms with Crippen LogP contribution in [0.4, 0.5) is 0 Å². The third-order valence-electron chi connectivity index (χ3n) is 5.06. The number of rotatable bonds is 20. The third kappa shape index (κ3) is 28.7. The summed E-state index contributed by atoms with van der Waals surface area (Å²) in [6.07, 6.45) is 24.5. The van der Waals surface area contributed by atoms with Crippen LogP contribution in [0.1, 0.15) is 122 Å². The lowest BCUT2D eigenvalue weighted by Gasteiger charge is -2.04. The van der Waals surface area contributed by atoms with Crippen molar-refractivity contribution < 1.29 is 19.8 Å². The Morgan fingerprint density at radius 1 is 0.655 bits per heavy atom. The van der Waals surface area contributed by atoms with Crippen LogP contribution in [0.15, 0.2) is 24.8 Å². The molecule has 0 amide bonds. The number of hydrogen-bond acceptors (Lipinski definition) is 2. The van der Waals surface area contributed by atoms with E-state index < -0.39 is 11.9 Å². The van der Waals surface area contributed by atoms with Gasteiger partial charge in [-0.25, -0.2) is 9.59 Å². The first-order valence-corrected chi connectivity index (χ1v) is 11.7. The van der Waals surface area contributed by atoms with Gasteiger partial charge in [0.25, 0.3) is 0 Å². The maximum Gasteiger partial charge on any atom is 0.330 e. The van der Waals surface area contributed by atoms with Crippen LogP contribution in [-0.4, -0.2) is 22.2 Å². The summed E-state index contributed by atoms with van der Waals surface area (Å²) in [5.41, 5.74) is 0.357. The second-order valence-corrected chi connectivity index (χ2v) is 7.86. The van der Waals surface area contributed by atoms with Gasteiger partial charge < -0.3 is 10.2 Å². The SMILES string of the molecule is C=C(CCCCCCCCCCCCCCCCCCC)C(=O)O.C=CC(=O)O. The van der Waals surface area contributed by atoms with E-state index in [0.717, 1.165) is 18.9 Å². The zero-order valence-corrected chi connectivity index (χ0v) is 18.9. The van der Waals surface area contributed by atoms with Crippen molar-refractivity contribution in [1.29, 1.82) is 0 Å². The van der Waals surface area contributed by atoms with E-state index in [4.69, 9.17) is 10.2 Å². The van der Waals surface area contributed by atoms with Crippen LogP contribution in [0.3, 0.4) is 0 Å². The molecule has 0 aromatic rings. The topological polar surface area (TPSA) is 74.6 Å². The van der Waals surface area contributed by atoms with Crippen LogP contribution >= 0.6 is 0 Å². The van der Waals surface area contributed by atoms with E-state index in [9.17, 15) is 9.59 Å². The quantitative estimate of drug-likeness (QED) is 0.158. The van der Waals surface area contributed by atoms with Crippen molar-refractivity contribution in [2.75, 3.05) is 0 Å². The van der Waals surface area contributed by atoms with Gasteiger partial charge >= 0.3 is 11.9 Å². The van der Waals surface area contributed by atoms with Crippen LogP contribution in [0.2, 0.25) is 0 Å². The van der Waals surface area contributed by atoms with Gasteiger partial charge in [-0.3, -0.25) is 0 Å². The zero-order valence-electron chi connectivity index (χ0n) is 18.9. The van der Waals surface area contributed by atoms with Gasteiger partial charge in [-0.15, -0.1) is 0 Å². The molecular formula is C25H46O4. The van der Waals surface area contributed by atoms with Crippen LogP contribution in [0.5, 0.6) is 0 Å². The van der Waals surface area contributed by atoms with Gasteiger partial charge in [0.1, 0.15) is 0 Å². The van der Waals surface area contributed by atoms with E-state index in [1.54, 1.807) is 0 Å². The van der Waals surface area contributed by atoms with Gasteiger partial charge in [0.05, 0.1) is 0 Å². The largest absolute Gasteiger partial charge is 0.478 e. The molecule has 4 nitrogen and oxygen atoms in total. The molecule has 4 heteroatoms. The summed E-state index contributed by atoms with van der Waals surface area (Å²) in [5.74, 6) is -1.82. The highest BCUT2D eigenvalue weighted by Gasteiger charge is 2.02. The predicted molar refractivity (Wildman–Crippen MR) is 123 cm³/mol. The highest BCUT2D eigenvalue weighted by Crippen LogP contribution is 2.15. The van der Waals surface area contributed by atoms with Gasteiger partial charge in [-0.2, -0.15) is 0 Å². The molecular weight excluding hydrogens is 364 g/mol. The van der Waals surface area contributed by atoms with E-state index in [2.05, 4.69) is 20.1 Å². The molecule has 0 atom stereocenters. The number of hydrogen-bond donors (Lipinski definition) is 2. The minimum Gasteiger partial charge on any atom is -0.478 e. The minimum absolute atomic E-state index is 0.357. The van der Waals surface area contributed by atoms with E-state index in [0.29, 0.717) is 12.0 Å². The van der Waals surface area contributed by atoms with Crippen LogP contribution < -0.4 is 0 Å². The van der Waals surface area contributed by atoms with Gasteiger partial charge in [0.2, 0.25) is 0 Å². The normalized spacial score (nSPS) is 10.1. The van der Waals surface area contributed by atoms with Crippen LogP contribution in [0, 0.1) is 0 Å². The monoisotopic (exact) mass is 410 g/mol. The molecule has 170 valence electrons. The number of carboxylic acid groups (broad SMARTS) is 2. The maximum absolute atomic E-state index is 10.6. The molecule has 0 saturated heterocycles. The highest BCUT2D eigenvalue weighted by atomic mass is 16.4. The van der Waals surface area contributed by atoms with E-state index in [1.165, 1.54) is 96.3 Å². The van der Waals surface area contributed by atoms with Crippen molar-refractivity contribution in [3.05, 3.63) is 24.8 Å². The first-order chi connectivity index (χ1) is 14.0. The van der Waals surface area contributed by atoms with Crippen molar-refractivity contribution in [2.45, 2.75) is 122 Å². The molecule has 0 saturated carbocycles. The molecule has 0 bridgehead atoms. The van der Waals surface area contributed by atoms with Crippen LogP contribution in [-0.2, 0) is 9.59 Å². The van der Waals surface area contributed by atoms with Crippen molar-refractivity contribution in [3.63, 3.8) is 0 Å². The summed E-state index contributed by atoms with van der Waals surface area (Å²) >= 11 is 0. The molecule has 0 aliphatic rings. The number of carboxylic acids is 2. The fraction of sp³-hybridized carbons (Fsp3) is 0.760. The average Bonchev–Trinajstić information content (AvgIpc) is 2.70. The summed E-state index contributed by atoms with van der Waals surface area (Å²) in [7, 11) is 0. The Balaban J connectivity index is 0. The van der Waals surface area contributed by atoms with Gasteiger partial charge in [-0.1, -0.05) is 123 Å². The Bertz CT molecular complexity index is 415. The lowest BCUT2D eigenvalue weighted by Crippen LogP contribution is -1.98. The molecule has 0 heterocycles. The summed E-state index contributed by atoms with van der Waals surface area (Å²) < 4.78 is 0. The zero-order chi connectivity index (χ0) is 22.2. The molecule has 0 fully saturated rings. The Labute approximate surface area is 179 Å². The fourth-order valence-corrected chi connectivity index (χ4v) is 3.17. The van der Waals surface area contributed by atoms with Crippen molar-refractivity contribution in [3.8, 4) is 0 Å². The standard InChI is InChI=1S/C22H42O2.C3H4O2/c1-3-4-5-6-7-8-9-10-11-12-13-14-15-16-17-18-19-20-21(2)22(23)24;1-2-3(4)5/h2-20H2,1H3,(H,23,24);2H,1H2,(H,4,5). The summed E-state index contributed by atoms with van der Waals surface area (Å²) in [6.45, 7) is 8.80. The molecule has 0 spiro atoms. The maximum atomic E-state index is 10.6. The molecule has 0 unspecified atom stereocenters. The first-order valence-electron chi connectivity index (χ1n) is 11.7. The second kappa shape index (κ2) is 24.5. The average molecular weight is 411 g/mol. The van der Waals surface area contributed by atoms with E-state index >= 15 is 0 Å². The molecule has 0 radical (unpaired) electrons. The predicted octanol–water partition coefficient (Wildman–Crippen LogP) is 7.93. The van der Waals surface area contributed by atoms with Crippen molar-refractivity contribution in [1.82, 2.24) is 0 Å². The Morgan fingerprint density at radius 3 is 1.17 bits per heavy atom. The lowest BCUT2D eigenvalue weighted by molar-refractivity contribution is -0.133. The van der Waals surface area contributed by atoms with Gasteiger partial charge in [0.15, 0.2) is 0 Å². The Kier molecular flexibility index (Phi) is 25.0. The molecule has 0 rings (SSSR count). The van der Waals surface area contributed by atoms with Crippen LogP contribution in [0.25, 0.3) is 0 Å². The third-order valence-corrected chi connectivity index (χ3v) is 5.06. The molecule has 2 N–H and O–H groups in total. The molecule has 0 aliphatic carbocycles. The second-order valence-electron chi connectivity index (χ2n) is 7.86. The molecule has 0 aromatic carbocycles. The molecule has 0 aromatic heterocycles. The fourth-order valence-electron chi connectivity index (χ4n) is 3.17.